The highest BCUT2D eigenvalue weighted by atomic mass is 19.1. The van der Waals surface area contributed by atoms with E-state index in [0.717, 1.165) is 37.0 Å². The summed E-state index contributed by atoms with van der Waals surface area (Å²) in [5.74, 6) is 0.0872. The number of nitrogens with one attached hydrogen (secondary N) is 1. The number of methoxy groups -OCH3 is 1. The number of rotatable bonds is 8. The van der Waals surface area contributed by atoms with E-state index in [9.17, 15) is 14.0 Å². The Bertz CT molecular complexity index is 861. The third-order valence-corrected chi connectivity index (χ3v) is 5.90. The monoisotopic (exact) mass is 426 g/mol. The molecule has 31 heavy (non-hydrogen) atoms. The first-order valence-corrected chi connectivity index (χ1v) is 10.9. The second-order valence-corrected chi connectivity index (χ2v) is 8.19. The van der Waals surface area contributed by atoms with Gasteiger partial charge >= 0.3 is 0 Å². The standard InChI is InChI=1S/C25H31FN2O3/c1-18(25(30)27-22-6-4-3-5-7-22)28(17-20-10-14-23(31-2)15-11-20)24(29)16-19-8-12-21(26)13-9-19/h8-15,18,22H,3-7,16-17H2,1-2H3,(H,27,30). The summed E-state index contributed by atoms with van der Waals surface area (Å²) in [4.78, 5) is 27.8. The third-order valence-electron chi connectivity index (χ3n) is 5.90. The van der Waals surface area contributed by atoms with Crippen molar-refractivity contribution in [3.05, 3.63) is 65.5 Å². The molecule has 0 radical (unpaired) electrons. The van der Waals surface area contributed by atoms with E-state index >= 15 is 0 Å². The number of carbonyl (C=O) groups is 2. The van der Waals surface area contributed by atoms with Crippen LogP contribution in [0.15, 0.2) is 48.5 Å². The van der Waals surface area contributed by atoms with Gasteiger partial charge in [-0.3, -0.25) is 9.59 Å². The average Bonchev–Trinajstić information content (AvgIpc) is 2.79. The molecule has 0 spiro atoms. The number of nitrogens with zero attached hydrogens (tertiary/aromatic N) is 1. The van der Waals surface area contributed by atoms with Crippen LogP contribution in [0.1, 0.15) is 50.2 Å². The van der Waals surface area contributed by atoms with Crippen LogP contribution in [0, 0.1) is 5.82 Å². The summed E-state index contributed by atoms with van der Waals surface area (Å²) in [5.41, 5.74) is 1.62. The predicted molar refractivity (Wildman–Crippen MR) is 118 cm³/mol. The van der Waals surface area contributed by atoms with Gasteiger partial charge in [0.15, 0.2) is 0 Å². The molecule has 1 unspecified atom stereocenters. The predicted octanol–water partition coefficient (Wildman–Crippen LogP) is 4.24. The fourth-order valence-corrected chi connectivity index (χ4v) is 3.96. The molecular weight excluding hydrogens is 395 g/mol. The first-order chi connectivity index (χ1) is 15.0. The molecule has 2 aromatic carbocycles. The van der Waals surface area contributed by atoms with Crippen molar-refractivity contribution in [3.8, 4) is 5.75 Å². The zero-order valence-electron chi connectivity index (χ0n) is 18.3. The minimum Gasteiger partial charge on any atom is -0.497 e. The van der Waals surface area contributed by atoms with Crippen molar-refractivity contribution in [2.75, 3.05) is 7.11 Å². The van der Waals surface area contributed by atoms with Crippen LogP contribution in [0.5, 0.6) is 5.75 Å². The second-order valence-electron chi connectivity index (χ2n) is 8.19. The van der Waals surface area contributed by atoms with Crippen molar-refractivity contribution >= 4 is 11.8 Å². The van der Waals surface area contributed by atoms with Crippen LogP contribution in [0.3, 0.4) is 0 Å². The van der Waals surface area contributed by atoms with Gasteiger partial charge in [0, 0.05) is 12.6 Å². The lowest BCUT2D eigenvalue weighted by Gasteiger charge is -2.31. The van der Waals surface area contributed by atoms with Crippen LogP contribution in [-0.2, 0) is 22.6 Å². The highest BCUT2D eigenvalue weighted by Gasteiger charge is 2.28. The molecule has 0 aliphatic heterocycles. The lowest BCUT2D eigenvalue weighted by molar-refractivity contribution is -0.140. The molecule has 2 aromatic rings. The van der Waals surface area contributed by atoms with Crippen molar-refractivity contribution in [2.24, 2.45) is 0 Å². The summed E-state index contributed by atoms with van der Waals surface area (Å²) in [6.45, 7) is 2.08. The number of hydrogen-bond acceptors (Lipinski definition) is 3. The maximum atomic E-state index is 13.2. The normalized spacial score (nSPS) is 15.2. The molecular formula is C25H31FN2O3. The summed E-state index contributed by atoms with van der Waals surface area (Å²) in [5, 5.41) is 3.13. The van der Waals surface area contributed by atoms with Gasteiger partial charge in [-0.05, 0) is 55.2 Å². The smallest absolute Gasteiger partial charge is 0.242 e. The van der Waals surface area contributed by atoms with Gasteiger partial charge in [-0.25, -0.2) is 4.39 Å². The summed E-state index contributed by atoms with van der Waals surface area (Å²) >= 11 is 0. The van der Waals surface area contributed by atoms with Gasteiger partial charge in [0.05, 0.1) is 13.5 Å². The fourth-order valence-electron chi connectivity index (χ4n) is 3.96. The molecule has 1 aliphatic carbocycles. The van der Waals surface area contributed by atoms with Gasteiger partial charge in [-0.1, -0.05) is 43.5 Å². The van der Waals surface area contributed by atoms with Crippen molar-refractivity contribution in [2.45, 2.75) is 64.1 Å². The Morgan fingerprint density at radius 2 is 1.65 bits per heavy atom. The van der Waals surface area contributed by atoms with E-state index in [1.807, 2.05) is 24.3 Å². The average molecular weight is 427 g/mol. The first kappa shape index (κ1) is 22.8. The summed E-state index contributed by atoms with van der Waals surface area (Å²) < 4.78 is 18.4. The quantitative estimate of drug-likeness (QED) is 0.687. The van der Waals surface area contributed by atoms with Crippen LogP contribution in [0.25, 0.3) is 0 Å². The molecule has 166 valence electrons. The molecule has 0 bridgehead atoms. The maximum Gasteiger partial charge on any atom is 0.242 e. The Labute approximate surface area is 183 Å². The lowest BCUT2D eigenvalue weighted by atomic mass is 9.95. The van der Waals surface area contributed by atoms with E-state index in [1.165, 1.54) is 18.6 Å². The van der Waals surface area contributed by atoms with E-state index in [0.29, 0.717) is 12.1 Å². The van der Waals surface area contributed by atoms with Crippen molar-refractivity contribution in [1.82, 2.24) is 10.2 Å². The van der Waals surface area contributed by atoms with E-state index in [4.69, 9.17) is 4.74 Å². The minimum absolute atomic E-state index is 0.109. The molecule has 5 nitrogen and oxygen atoms in total. The Kier molecular flexibility index (Phi) is 8.04. The SMILES string of the molecule is COc1ccc(CN(C(=O)Cc2ccc(F)cc2)C(C)C(=O)NC2CCCCC2)cc1. The molecule has 2 amide bonds. The Morgan fingerprint density at radius 1 is 1.03 bits per heavy atom. The number of carbonyl (C=O) groups excluding carboxylic acids is 2. The number of ether oxygens (including phenoxy) is 1. The van der Waals surface area contributed by atoms with Crippen LogP contribution in [0.4, 0.5) is 4.39 Å². The fraction of sp³-hybridized carbons (Fsp3) is 0.440. The minimum atomic E-state index is -0.614. The van der Waals surface area contributed by atoms with Crippen LogP contribution in [-0.4, -0.2) is 35.9 Å². The lowest BCUT2D eigenvalue weighted by Crippen LogP contribution is -2.50. The Morgan fingerprint density at radius 3 is 2.26 bits per heavy atom. The van der Waals surface area contributed by atoms with E-state index < -0.39 is 6.04 Å². The Hall–Kier alpha value is -2.89. The van der Waals surface area contributed by atoms with Crippen LogP contribution >= 0.6 is 0 Å². The molecule has 0 heterocycles. The summed E-state index contributed by atoms with van der Waals surface area (Å²) in [7, 11) is 1.60. The van der Waals surface area contributed by atoms with E-state index in [2.05, 4.69) is 5.32 Å². The highest BCUT2D eigenvalue weighted by molar-refractivity contribution is 5.88. The maximum absolute atomic E-state index is 13.2. The molecule has 1 saturated carbocycles. The molecule has 1 aliphatic rings. The zero-order chi connectivity index (χ0) is 22.2. The third kappa shape index (κ3) is 6.54. The number of hydrogen-bond donors (Lipinski definition) is 1. The molecule has 6 heteroatoms. The summed E-state index contributed by atoms with van der Waals surface area (Å²) in [6, 6.07) is 12.9. The molecule has 0 saturated heterocycles. The van der Waals surface area contributed by atoms with Crippen molar-refractivity contribution in [1.29, 1.82) is 0 Å². The number of amides is 2. The van der Waals surface area contributed by atoms with Crippen molar-refractivity contribution < 1.29 is 18.7 Å². The van der Waals surface area contributed by atoms with Gasteiger partial charge in [-0.15, -0.1) is 0 Å². The largest absolute Gasteiger partial charge is 0.497 e. The molecule has 1 N–H and O–H groups in total. The first-order valence-electron chi connectivity index (χ1n) is 10.9. The van der Waals surface area contributed by atoms with Gasteiger partial charge in [0.1, 0.15) is 17.6 Å². The highest BCUT2D eigenvalue weighted by Crippen LogP contribution is 2.19. The van der Waals surface area contributed by atoms with Gasteiger partial charge in [0.2, 0.25) is 11.8 Å². The van der Waals surface area contributed by atoms with E-state index in [-0.39, 0.29) is 30.1 Å². The topological polar surface area (TPSA) is 58.6 Å². The number of benzene rings is 2. The van der Waals surface area contributed by atoms with Crippen LogP contribution in [0.2, 0.25) is 0 Å². The van der Waals surface area contributed by atoms with Gasteiger partial charge in [0.25, 0.3) is 0 Å². The molecule has 1 atom stereocenters. The van der Waals surface area contributed by atoms with Gasteiger partial charge in [-0.2, -0.15) is 0 Å². The zero-order valence-corrected chi connectivity index (χ0v) is 18.3. The molecule has 0 aromatic heterocycles. The number of halogens is 1. The van der Waals surface area contributed by atoms with Gasteiger partial charge < -0.3 is 15.0 Å². The molecule has 1 fully saturated rings. The summed E-state index contributed by atoms with van der Waals surface area (Å²) in [6.07, 6.45) is 5.54. The van der Waals surface area contributed by atoms with Crippen molar-refractivity contribution in [3.63, 3.8) is 0 Å². The van der Waals surface area contributed by atoms with E-state index in [1.54, 1.807) is 31.1 Å². The Balaban J connectivity index is 1.74. The van der Waals surface area contributed by atoms with Crippen LogP contribution < -0.4 is 10.1 Å². The molecule has 3 rings (SSSR count). The second kappa shape index (κ2) is 10.9.